The van der Waals surface area contributed by atoms with E-state index in [1.807, 2.05) is 17.7 Å². The fourth-order valence-corrected chi connectivity index (χ4v) is 1.78. The van der Waals surface area contributed by atoms with Crippen LogP contribution >= 0.6 is 0 Å². The SMILES string of the molecule is COc1ncccc1C(=O)NC(C)Cn1ccnc1. The van der Waals surface area contributed by atoms with Gasteiger partial charge in [0.25, 0.3) is 5.91 Å². The zero-order valence-electron chi connectivity index (χ0n) is 10.9. The third kappa shape index (κ3) is 3.31. The van der Waals surface area contributed by atoms with E-state index in [0.29, 0.717) is 18.0 Å². The second-order valence-corrected chi connectivity index (χ2v) is 4.19. The molecule has 0 fully saturated rings. The first-order valence-corrected chi connectivity index (χ1v) is 5.96. The highest BCUT2D eigenvalue weighted by molar-refractivity contribution is 5.96. The van der Waals surface area contributed by atoms with Gasteiger partial charge in [0.2, 0.25) is 5.88 Å². The zero-order chi connectivity index (χ0) is 13.7. The van der Waals surface area contributed by atoms with Crippen LogP contribution in [0.15, 0.2) is 37.1 Å². The van der Waals surface area contributed by atoms with E-state index in [0.717, 1.165) is 0 Å². The standard InChI is InChI=1S/C13H16N4O2/c1-10(8-17-7-6-14-9-17)16-12(18)11-4-3-5-15-13(11)19-2/h3-7,9-10H,8H2,1-2H3,(H,16,18). The molecule has 0 saturated carbocycles. The Balaban J connectivity index is 2.00. The van der Waals surface area contributed by atoms with Gasteiger partial charge in [-0.25, -0.2) is 9.97 Å². The van der Waals surface area contributed by atoms with E-state index in [2.05, 4.69) is 15.3 Å². The van der Waals surface area contributed by atoms with Crippen molar-refractivity contribution >= 4 is 5.91 Å². The number of pyridine rings is 1. The fraction of sp³-hybridized carbons (Fsp3) is 0.308. The maximum Gasteiger partial charge on any atom is 0.257 e. The first-order valence-electron chi connectivity index (χ1n) is 5.96. The predicted molar refractivity (Wildman–Crippen MR) is 69.9 cm³/mol. The molecule has 1 amide bonds. The molecule has 1 N–H and O–H groups in total. The van der Waals surface area contributed by atoms with Gasteiger partial charge in [-0.3, -0.25) is 4.79 Å². The van der Waals surface area contributed by atoms with E-state index in [1.54, 1.807) is 30.9 Å². The summed E-state index contributed by atoms with van der Waals surface area (Å²) < 4.78 is 6.97. The van der Waals surface area contributed by atoms with Crippen LogP contribution < -0.4 is 10.1 Å². The molecular weight excluding hydrogens is 244 g/mol. The van der Waals surface area contributed by atoms with E-state index < -0.39 is 0 Å². The topological polar surface area (TPSA) is 69.0 Å². The molecule has 100 valence electrons. The quantitative estimate of drug-likeness (QED) is 0.874. The predicted octanol–water partition coefficient (Wildman–Crippen LogP) is 1.11. The molecule has 0 bridgehead atoms. The monoisotopic (exact) mass is 260 g/mol. The lowest BCUT2D eigenvalue weighted by Crippen LogP contribution is -2.35. The Bertz CT molecular complexity index is 539. The molecule has 0 radical (unpaired) electrons. The molecule has 0 spiro atoms. The lowest BCUT2D eigenvalue weighted by Gasteiger charge is -2.15. The minimum absolute atomic E-state index is 0.0217. The van der Waals surface area contributed by atoms with Crippen LogP contribution in [-0.2, 0) is 6.54 Å². The molecule has 2 aromatic rings. The van der Waals surface area contributed by atoms with Gasteiger partial charge in [-0.2, -0.15) is 0 Å². The molecule has 0 aliphatic rings. The summed E-state index contributed by atoms with van der Waals surface area (Å²) in [5.41, 5.74) is 0.433. The Morgan fingerprint density at radius 1 is 1.53 bits per heavy atom. The molecule has 0 aromatic carbocycles. The number of nitrogens with zero attached hydrogens (tertiary/aromatic N) is 3. The van der Waals surface area contributed by atoms with Crippen molar-refractivity contribution in [2.75, 3.05) is 7.11 Å². The van der Waals surface area contributed by atoms with Crippen molar-refractivity contribution in [1.82, 2.24) is 19.9 Å². The van der Waals surface area contributed by atoms with E-state index in [4.69, 9.17) is 4.74 Å². The number of nitrogens with one attached hydrogen (secondary N) is 1. The Labute approximate surface area is 111 Å². The molecule has 6 nitrogen and oxygen atoms in total. The summed E-state index contributed by atoms with van der Waals surface area (Å²) in [7, 11) is 1.49. The molecule has 2 heterocycles. The maximum atomic E-state index is 12.1. The maximum absolute atomic E-state index is 12.1. The first kappa shape index (κ1) is 13.1. The van der Waals surface area contributed by atoms with Crippen LogP contribution in [0.2, 0.25) is 0 Å². The van der Waals surface area contributed by atoms with Crippen molar-refractivity contribution in [3.63, 3.8) is 0 Å². The van der Waals surface area contributed by atoms with E-state index >= 15 is 0 Å². The summed E-state index contributed by atoms with van der Waals surface area (Å²) in [5, 5.41) is 2.90. The molecule has 2 aromatic heterocycles. The number of carbonyl (C=O) groups is 1. The summed E-state index contributed by atoms with van der Waals surface area (Å²) in [6.07, 6.45) is 6.86. The molecular formula is C13H16N4O2. The third-order valence-electron chi connectivity index (χ3n) is 2.63. The molecule has 1 atom stereocenters. The van der Waals surface area contributed by atoms with E-state index in [9.17, 15) is 4.79 Å². The van der Waals surface area contributed by atoms with Gasteiger partial charge in [0, 0.05) is 31.2 Å². The fourth-order valence-electron chi connectivity index (χ4n) is 1.78. The number of ether oxygens (including phenoxy) is 1. The molecule has 0 saturated heterocycles. The second-order valence-electron chi connectivity index (χ2n) is 4.19. The highest BCUT2D eigenvalue weighted by atomic mass is 16.5. The molecule has 2 rings (SSSR count). The Kier molecular flexibility index (Phi) is 4.12. The van der Waals surface area contributed by atoms with Crippen molar-refractivity contribution in [3.05, 3.63) is 42.6 Å². The average Bonchev–Trinajstić information content (AvgIpc) is 2.91. The summed E-state index contributed by atoms with van der Waals surface area (Å²) >= 11 is 0. The van der Waals surface area contributed by atoms with Crippen molar-refractivity contribution in [3.8, 4) is 5.88 Å². The molecule has 1 unspecified atom stereocenters. The minimum Gasteiger partial charge on any atom is -0.480 e. The summed E-state index contributed by atoms with van der Waals surface area (Å²) in [6, 6.07) is 3.37. The van der Waals surface area contributed by atoms with Crippen LogP contribution in [0.4, 0.5) is 0 Å². The van der Waals surface area contributed by atoms with E-state index in [-0.39, 0.29) is 11.9 Å². The Morgan fingerprint density at radius 2 is 2.37 bits per heavy atom. The van der Waals surface area contributed by atoms with Gasteiger partial charge in [-0.1, -0.05) is 0 Å². The van der Waals surface area contributed by atoms with Crippen molar-refractivity contribution in [2.45, 2.75) is 19.5 Å². The number of hydrogen-bond acceptors (Lipinski definition) is 4. The first-order chi connectivity index (χ1) is 9.20. The van der Waals surface area contributed by atoms with Gasteiger partial charge in [0.15, 0.2) is 0 Å². The number of methoxy groups -OCH3 is 1. The van der Waals surface area contributed by atoms with Crippen LogP contribution in [0.25, 0.3) is 0 Å². The second kappa shape index (κ2) is 5.99. The lowest BCUT2D eigenvalue weighted by molar-refractivity contribution is 0.0933. The summed E-state index contributed by atoms with van der Waals surface area (Å²) in [4.78, 5) is 20.1. The van der Waals surface area contributed by atoms with Crippen LogP contribution in [0.5, 0.6) is 5.88 Å². The molecule has 6 heteroatoms. The molecule has 0 aliphatic carbocycles. The molecule has 19 heavy (non-hydrogen) atoms. The van der Waals surface area contributed by atoms with Gasteiger partial charge in [0.1, 0.15) is 5.56 Å². The number of aromatic nitrogens is 3. The normalized spacial score (nSPS) is 11.9. The van der Waals surface area contributed by atoms with Crippen LogP contribution in [0.1, 0.15) is 17.3 Å². The van der Waals surface area contributed by atoms with Crippen LogP contribution in [0.3, 0.4) is 0 Å². The minimum atomic E-state index is -0.197. The number of amides is 1. The third-order valence-corrected chi connectivity index (χ3v) is 2.63. The van der Waals surface area contributed by atoms with Crippen LogP contribution in [-0.4, -0.2) is 33.6 Å². The summed E-state index contributed by atoms with van der Waals surface area (Å²) in [5.74, 6) is 0.132. The summed E-state index contributed by atoms with van der Waals surface area (Å²) in [6.45, 7) is 2.59. The van der Waals surface area contributed by atoms with Gasteiger partial charge in [-0.05, 0) is 19.1 Å². The number of carbonyl (C=O) groups excluding carboxylic acids is 1. The van der Waals surface area contributed by atoms with Gasteiger partial charge < -0.3 is 14.6 Å². The number of rotatable bonds is 5. The largest absolute Gasteiger partial charge is 0.480 e. The van der Waals surface area contributed by atoms with Gasteiger partial charge >= 0.3 is 0 Å². The van der Waals surface area contributed by atoms with Gasteiger partial charge in [-0.15, -0.1) is 0 Å². The smallest absolute Gasteiger partial charge is 0.257 e. The van der Waals surface area contributed by atoms with Crippen molar-refractivity contribution in [1.29, 1.82) is 0 Å². The average molecular weight is 260 g/mol. The highest BCUT2D eigenvalue weighted by Crippen LogP contribution is 2.13. The number of imidazole rings is 1. The Hall–Kier alpha value is -2.37. The lowest BCUT2D eigenvalue weighted by atomic mass is 10.2. The van der Waals surface area contributed by atoms with E-state index in [1.165, 1.54) is 7.11 Å². The highest BCUT2D eigenvalue weighted by Gasteiger charge is 2.15. The van der Waals surface area contributed by atoms with Crippen molar-refractivity contribution in [2.24, 2.45) is 0 Å². The van der Waals surface area contributed by atoms with Crippen LogP contribution in [0, 0.1) is 0 Å². The van der Waals surface area contributed by atoms with Crippen molar-refractivity contribution < 1.29 is 9.53 Å². The molecule has 0 aliphatic heterocycles. The number of hydrogen-bond donors (Lipinski definition) is 1. The van der Waals surface area contributed by atoms with Gasteiger partial charge in [0.05, 0.1) is 13.4 Å². The Morgan fingerprint density at radius 3 is 3.05 bits per heavy atom. The zero-order valence-corrected chi connectivity index (χ0v) is 10.9.